The smallest absolute Gasteiger partial charge is 0.384 e. The van der Waals surface area contributed by atoms with Crippen LogP contribution in [0.4, 0.5) is 19.0 Å². The van der Waals surface area contributed by atoms with Gasteiger partial charge < -0.3 is 10.6 Å². The third-order valence-electron chi connectivity index (χ3n) is 3.05. The van der Waals surface area contributed by atoms with E-state index in [-0.39, 0.29) is 56.0 Å². The fraction of sp³-hybridized carbons (Fsp3) is 0.500. The van der Waals surface area contributed by atoms with Gasteiger partial charge in [0.1, 0.15) is 11.5 Å². The van der Waals surface area contributed by atoms with Gasteiger partial charge in [-0.25, -0.2) is 4.98 Å². The lowest BCUT2D eigenvalue weighted by Crippen LogP contribution is -2.51. The molecule has 1 fully saturated rings. The molecule has 0 aromatic carbocycles. The SMILES string of the molecule is Cl.Nc1cccc(C(=O)N2CCN(CC(F)(F)F)CC2)n1. The molecule has 0 spiro atoms. The second-order valence-electron chi connectivity index (χ2n) is 4.63. The Morgan fingerprint density at radius 3 is 2.38 bits per heavy atom. The molecular weight excluding hydrogens is 309 g/mol. The molecule has 2 rings (SSSR count). The number of rotatable bonds is 2. The van der Waals surface area contributed by atoms with Crippen molar-refractivity contribution in [2.75, 3.05) is 38.5 Å². The zero-order valence-electron chi connectivity index (χ0n) is 11.1. The number of alkyl halides is 3. The molecule has 0 saturated carbocycles. The van der Waals surface area contributed by atoms with E-state index >= 15 is 0 Å². The van der Waals surface area contributed by atoms with Gasteiger partial charge in [0.25, 0.3) is 5.91 Å². The molecule has 1 aromatic rings. The second kappa shape index (κ2) is 6.95. The Morgan fingerprint density at radius 2 is 1.86 bits per heavy atom. The molecule has 5 nitrogen and oxygen atoms in total. The topological polar surface area (TPSA) is 62.5 Å². The summed E-state index contributed by atoms with van der Waals surface area (Å²) in [4.78, 5) is 18.8. The van der Waals surface area contributed by atoms with Gasteiger partial charge in [0, 0.05) is 26.2 Å². The van der Waals surface area contributed by atoms with E-state index < -0.39 is 12.7 Å². The second-order valence-corrected chi connectivity index (χ2v) is 4.63. The summed E-state index contributed by atoms with van der Waals surface area (Å²) in [6, 6.07) is 4.73. The molecule has 1 aliphatic rings. The fourth-order valence-electron chi connectivity index (χ4n) is 2.10. The van der Waals surface area contributed by atoms with Crippen molar-refractivity contribution in [3.8, 4) is 0 Å². The predicted octanol–water partition coefficient (Wildman–Crippen LogP) is 1.41. The molecule has 0 atom stereocenters. The number of carbonyl (C=O) groups is 1. The van der Waals surface area contributed by atoms with Crippen molar-refractivity contribution in [3.05, 3.63) is 23.9 Å². The minimum Gasteiger partial charge on any atom is -0.384 e. The van der Waals surface area contributed by atoms with Gasteiger partial charge in [-0.3, -0.25) is 9.69 Å². The first kappa shape index (κ1) is 17.5. The Morgan fingerprint density at radius 1 is 1.24 bits per heavy atom. The van der Waals surface area contributed by atoms with Crippen molar-refractivity contribution in [2.24, 2.45) is 0 Å². The molecule has 9 heteroatoms. The van der Waals surface area contributed by atoms with E-state index in [0.717, 1.165) is 0 Å². The highest BCUT2D eigenvalue weighted by Gasteiger charge is 2.33. The average Bonchev–Trinajstić information content (AvgIpc) is 2.37. The standard InChI is InChI=1S/C12H15F3N4O.ClH/c13-12(14,15)8-18-4-6-19(7-5-18)11(20)9-2-1-3-10(16)17-9;/h1-3H,4-8H2,(H2,16,17);1H. The number of hydrogen-bond acceptors (Lipinski definition) is 4. The van der Waals surface area contributed by atoms with E-state index in [0.29, 0.717) is 0 Å². The zero-order chi connectivity index (χ0) is 14.8. The first-order valence-electron chi connectivity index (χ1n) is 6.16. The molecule has 0 unspecified atom stereocenters. The number of hydrogen-bond donors (Lipinski definition) is 1. The summed E-state index contributed by atoms with van der Waals surface area (Å²) in [5.41, 5.74) is 5.72. The first-order chi connectivity index (χ1) is 9.35. The number of aromatic nitrogens is 1. The monoisotopic (exact) mass is 324 g/mol. The molecule has 1 aliphatic heterocycles. The molecule has 0 radical (unpaired) electrons. The number of carbonyl (C=O) groups excluding carboxylic acids is 1. The van der Waals surface area contributed by atoms with Gasteiger partial charge in [0.2, 0.25) is 0 Å². The fourth-order valence-corrected chi connectivity index (χ4v) is 2.10. The molecule has 0 aliphatic carbocycles. The largest absolute Gasteiger partial charge is 0.401 e. The Labute approximate surface area is 126 Å². The maximum atomic E-state index is 12.3. The molecule has 21 heavy (non-hydrogen) atoms. The average molecular weight is 325 g/mol. The van der Waals surface area contributed by atoms with Crippen molar-refractivity contribution < 1.29 is 18.0 Å². The number of anilines is 1. The van der Waals surface area contributed by atoms with Gasteiger partial charge in [0.15, 0.2) is 0 Å². The number of piperazine rings is 1. The van der Waals surface area contributed by atoms with Crippen molar-refractivity contribution >= 4 is 24.1 Å². The lowest BCUT2D eigenvalue weighted by molar-refractivity contribution is -0.148. The Bertz CT molecular complexity index is 490. The summed E-state index contributed by atoms with van der Waals surface area (Å²) >= 11 is 0. The molecule has 2 N–H and O–H groups in total. The van der Waals surface area contributed by atoms with E-state index in [1.165, 1.54) is 9.80 Å². The molecule has 1 saturated heterocycles. The minimum atomic E-state index is -4.21. The lowest BCUT2D eigenvalue weighted by Gasteiger charge is -2.34. The Hall–Kier alpha value is -1.54. The summed E-state index contributed by atoms with van der Waals surface area (Å²) in [5, 5.41) is 0. The molecule has 0 bridgehead atoms. The Kier molecular flexibility index (Phi) is 5.79. The highest BCUT2D eigenvalue weighted by Crippen LogP contribution is 2.18. The van der Waals surface area contributed by atoms with Gasteiger partial charge in [-0.1, -0.05) is 6.07 Å². The first-order valence-corrected chi connectivity index (χ1v) is 6.16. The lowest BCUT2D eigenvalue weighted by atomic mass is 10.2. The van der Waals surface area contributed by atoms with Crippen LogP contribution in [-0.2, 0) is 0 Å². The van der Waals surface area contributed by atoms with Crippen LogP contribution in [-0.4, -0.2) is 59.6 Å². The normalized spacial score (nSPS) is 16.4. The van der Waals surface area contributed by atoms with Gasteiger partial charge >= 0.3 is 6.18 Å². The van der Waals surface area contributed by atoms with Gasteiger partial charge in [0.05, 0.1) is 6.54 Å². The third kappa shape index (κ3) is 5.05. The third-order valence-corrected chi connectivity index (χ3v) is 3.05. The highest BCUT2D eigenvalue weighted by atomic mass is 35.5. The summed E-state index contributed by atoms with van der Waals surface area (Å²) in [7, 11) is 0. The van der Waals surface area contributed by atoms with Crippen LogP contribution in [0, 0.1) is 0 Å². The molecule has 1 amide bonds. The molecule has 2 heterocycles. The predicted molar refractivity (Wildman–Crippen MR) is 74.3 cm³/mol. The highest BCUT2D eigenvalue weighted by molar-refractivity contribution is 5.92. The van der Waals surface area contributed by atoms with E-state index in [1.807, 2.05) is 0 Å². The Balaban J connectivity index is 0.00000220. The zero-order valence-corrected chi connectivity index (χ0v) is 12.0. The molecular formula is C12H16ClF3N4O. The number of nitrogen functional groups attached to an aromatic ring is 1. The van der Waals surface area contributed by atoms with E-state index in [4.69, 9.17) is 5.73 Å². The number of nitrogens with zero attached hydrogens (tertiary/aromatic N) is 3. The van der Waals surface area contributed by atoms with Crippen LogP contribution < -0.4 is 5.73 Å². The van der Waals surface area contributed by atoms with Crippen LogP contribution in [0.25, 0.3) is 0 Å². The summed E-state index contributed by atoms with van der Waals surface area (Å²) in [5.74, 6) is -0.0597. The van der Waals surface area contributed by atoms with Crippen molar-refractivity contribution in [1.82, 2.24) is 14.8 Å². The number of nitrogens with two attached hydrogens (primary N) is 1. The summed E-state index contributed by atoms with van der Waals surface area (Å²) in [6.45, 7) is -0.0243. The molecule has 118 valence electrons. The van der Waals surface area contributed by atoms with Crippen LogP contribution in [0.15, 0.2) is 18.2 Å². The van der Waals surface area contributed by atoms with Crippen LogP contribution in [0.1, 0.15) is 10.5 Å². The van der Waals surface area contributed by atoms with Gasteiger partial charge in [-0.05, 0) is 12.1 Å². The van der Waals surface area contributed by atoms with Crippen molar-refractivity contribution in [2.45, 2.75) is 6.18 Å². The summed E-state index contributed by atoms with van der Waals surface area (Å²) in [6.07, 6.45) is -4.21. The van der Waals surface area contributed by atoms with Crippen LogP contribution in [0.5, 0.6) is 0 Å². The van der Waals surface area contributed by atoms with Crippen molar-refractivity contribution in [1.29, 1.82) is 0 Å². The number of halogens is 4. The van der Waals surface area contributed by atoms with E-state index in [1.54, 1.807) is 18.2 Å². The van der Waals surface area contributed by atoms with Gasteiger partial charge in [-0.2, -0.15) is 13.2 Å². The van der Waals surface area contributed by atoms with Crippen LogP contribution in [0.2, 0.25) is 0 Å². The molecule has 1 aromatic heterocycles. The van der Waals surface area contributed by atoms with E-state index in [9.17, 15) is 18.0 Å². The minimum absolute atomic E-state index is 0. The van der Waals surface area contributed by atoms with Gasteiger partial charge in [-0.15, -0.1) is 12.4 Å². The number of pyridine rings is 1. The maximum Gasteiger partial charge on any atom is 0.401 e. The number of amides is 1. The van der Waals surface area contributed by atoms with E-state index in [2.05, 4.69) is 4.98 Å². The van der Waals surface area contributed by atoms with Crippen LogP contribution in [0.3, 0.4) is 0 Å². The maximum absolute atomic E-state index is 12.3. The quantitative estimate of drug-likeness (QED) is 0.893. The van der Waals surface area contributed by atoms with Crippen LogP contribution >= 0.6 is 12.4 Å². The summed E-state index contributed by atoms with van der Waals surface area (Å²) < 4.78 is 36.8. The van der Waals surface area contributed by atoms with Crippen molar-refractivity contribution in [3.63, 3.8) is 0 Å².